The van der Waals surface area contributed by atoms with E-state index in [0.717, 1.165) is 0 Å². The molecule has 0 radical (unpaired) electrons. The average Bonchev–Trinajstić information content (AvgIpc) is 2.96. The van der Waals surface area contributed by atoms with Gasteiger partial charge in [0.1, 0.15) is 11.6 Å². The molecule has 0 aliphatic carbocycles. The number of halogens is 1. The lowest BCUT2D eigenvalue weighted by Gasteiger charge is -2.28. The van der Waals surface area contributed by atoms with Crippen molar-refractivity contribution in [2.75, 3.05) is 18.9 Å². The van der Waals surface area contributed by atoms with E-state index < -0.39 is 17.7 Å². The molecular formula is C21H31BrN2O4. The van der Waals surface area contributed by atoms with Crippen LogP contribution in [0.5, 0.6) is 0 Å². The van der Waals surface area contributed by atoms with Crippen LogP contribution in [0.4, 0.5) is 4.79 Å². The molecule has 0 unspecified atom stereocenters. The lowest BCUT2D eigenvalue weighted by Crippen LogP contribution is -2.48. The maximum absolute atomic E-state index is 12.6. The lowest BCUT2D eigenvalue weighted by molar-refractivity contribution is -0.125. The van der Waals surface area contributed by atoms with Crippen molar-refractivity contribution in [1.29, 1.82) is 0 Å². The topological polar surface area (TPSA) is 75.7 Å². The Morgan fingerprint density at radius 2 is 1.75 bits per heavy atom. The molecule has 0 saturated carbocycles. The number of Topliss-reactive ketones (excluding diaryl/α,β-unsaturated/α-hetero) is 1. The molecule has 1 aromatic rings. The second kappa shape index (κ2) is 10.0. The first-order chi connectivity index (χ1) is 13.0. The second-order valence-electron chi connectivity index (χ2n) is 8.50. The van der Waals surface area contributed by atoms with E-state index in [9.17, 15) is 14.4 Å². The zero-order valence-electron chi connectivity index (χ0n) is 17.5. The Morgan fingerprint density at radius 3 is 2.29 bits per heavy atom. The number of likely N-dealkylation sites (tertiary alicyclic amines) is 1. The fourth-order valence-electron chi connectivity index (χ4n) is 3.03. The van der Waals surface area contributed by atoms with Crippen LogP contribution < -0.4 is 5.32 Å². The molecule has 7 heteroatoms. The van der Waals surface area contributed by atoms with E-state index in [1.54, 1.807) is 45.0 Å². The number of nitrogens with one attached hydrogen (secondary N) is 1. The number of carbonyl (C=O) groups excluding carboxylic acids is 3. The number of ether oxygens (including phenoxy) is 1. The third kappa shape index (κ3) is 7.26. The van der Waals surface area contributed by atoms with Crippen molar-refractivity contribution >= 4 is 33.7 Å². The van der Waals surface area contributed by atoms with E-state index in [2.05, 4.69) is 21.2 Å². The molecule has 1 aliphatic rings. The molecule has 2 amide bonds. The molecule has 156 valence electrons. The average molecular weight is 455 g/mol. The molecule has 28 heavy (non-hydrogen) atoms. The van der Waals surface area contributed by atoms with Crippen LogP contribution >= 0.6 is 15.9 Å². The van der Waals surface area contributed by atoms with Crippen LogP contribution in [0, 0.1) is 5.41 Å². The predicted octanol–water partition coefficient (Wildman–Crippen LogP) is 4.03. The molecule has 2 rings (SSSR count). The van der Waals surface area contributed by atoms with Gasteiger partial charge in [0, 0.05) is 12.1 Å². The summed E-state index contributed by atoms with van der Waals surface area (Å²) in [4.78, 5) is 38.8. The molecule has 1 N–H and O–H groups in total. The van der Waals surface area contributed by atoms with Gasteiger partial charge in [0.25, 0.3) is 0 Å². The van der Waals surface area contributed by atoms with Crippen LogP contribution in [0.3, 0.4) is 0 Å². The summed E-state index contributed by atoms with van der Waals surface area (Å²) >= 11 is 2.94. The molecule has 1 aromatic carbocycles. The molecular weight excluding hydrogens is 424 g/mol. The van der Waals surface area contributed by atoms with Crippen molar-refractivity contribution < 1.29 is 19.1 Å². The largest absolute Gasteiger partial charge is 0.444 e. The third-order valence-electron chi connectivity index (χ3n) is 4.17. The quantitative estimate of drug-likeness (QED) is 0.550. The van der Waals surface area contributed by atoms with Gasteiger partial charge in [-0.05, 0) is 38.4 Å². The highest BCUT2D eigenvalue weighted by atomic mass is 79.9. The van der Waals surface area contributed by atoms with Crippen molar-refractivity contribution in [2.45, 2.75) is 52.7 Å². The number of rotatable bonds is 4. The van der Waals surface area contributed by atoms with Gasteiger partial charge in [-0.15, -0.1) is 0 Å². The predicted molar refractivity (Wildman–Crippen MR) is 114 cm³/mol. The monoisotopic (exact) mass is 454 g/mol. The van der Waals surface area contributed by atoms with Crippen LogP contribution in [0.25, 0.3) is 0 Å². The maximum Gasteiger partial charge on any atom is 0.410 e. The number of alkyl halides is 1. The summed E-state index contributed by atoms with van der Waals surface area (Å²) in [6, 6.07) is 8.16. The summed E-state index contributed by atoms with van der Waals surface area (Å²) in [5, 5.41) is 2.67. The van der Waals surface area contributed by atoms with Gasteiger partial charge in [-0.1, -0.05) is 60.1 Å². The van der Waals surface area contributed by atoms with Crippen molar-refractivity contribution in [1.82, 2.24) is 10.2 Å². The Bertz CT molecular complexity index is 683. The van der Waals surface area contributed by atoms with Crippen molar-refractivity contribution in [3.05, 3.63) is 35.9 Å². The number of hydrogen-bond donors (Lipinski definition) is 1. The highest BCUT2D eigenvalue weighted by Crippen LogP contribution is 2.35. The summed E-state index contributed by atoms with van der Waals surface area (Å²) in [6.45, 7) is 9.73. The summed E-state index contributed by atoms with van der Waals surface area (Å²) in [5.41, 5.74) is -0.278. The first-order valence-electron chi connectivity index (χ1n) is 9.22. The molecule has 6 nitrogen and oxygen atoms in total. The van der Waals surface area contributed by atoms with E-state index >= 15 is 0 Å². The smallest absolute Gasteiger partial charge is 0.410 e. The van der Waals surface area contributed by atoms with Gasteiger partial charge in [0.2, 0.25) is 5.91 Å². The fraction of sp³-hybridized carbons (Fsp3) is 0.571. The minimum Gasteiger partial charge on any atom is -0.444 e. The molecule has 1 saturated heterocycles. The highest BCUT2D eigenvalue weighted by molar-refractivity contribution is 9.08. The van der Waals surface area contributed by atoms with E-state index in [1.807, 2.05) is 25.7 Å². The van der Waals surface area contributed by atoms with Gasteiger partial charge in [-0.25, -0.2) is 4.79 Å². The van der Waals surface area contributed by atoms with Crippen molar-refractivity contribution in [3.63, 3.8) is 0 Å². The van der Waals surface area contributed by atoms with Gasteiger partial charge < -0.3 is 10.1 Å². The zero-order valence-corrected chi connectivity index (χ0v) is 19.1. The third-order valence-corrected chi connectivity index (χ3v) is 4.17. The molecule has 1 heterocycles. The summed E-state index contributed by atoms with van der Waals surface area (Å²) in [6.07, 6.45) is 0.0232. The maximum atomic E-state index is 12.6. The Balaban J connectivity index is 0.00000190. The SMILES string of the molecule is CBr.CC1(C)C[C@@H](C(=O)NCC(=O)c2ccccc2)N(C(=O)OC(C)(C)C)C1. The normalized spacial score (nSPS) is 18.0. The number of benzene rings is 1. The van der Waals surface area contributed by atoms with Gasteiger partial charge in [-0.3, -0.25) is 14.5 Å². The van der Waals surface area contributed by atoms with Gasteiger partial charge in [-0.2, -0.15) is 0 Å². The van der Waals surface area contributed by atoms with Crippen LogP contribution in [0.15, 0.2) is 30.3 Å². The van der Waals surface area contributed by atoms with Crippen LogP contribution in [0.1, 0.15) is 51.4 Å². The highest BCUT2D eigenvalue weighted by Gasteiger charge is 2.45. The minimum absolute atomic E-state index is 0.0953. The molecule has 0 spiro atoms. The van der Waals surface area contributed by atoms with Crippen LogP contribution in [-0.2, 0) is 9.53 Å². The molecule has 1 aliphatic heterocycles. The first-order valence-corrected chi connectivity index (χ1v) is 10.8. The van der Waals surface area contributed by atoms with E-state index in [0.29, 0.717) is 18.5 Å². The lowest BCUT2D eigenvalue weighted by atomic mass is 9.90. The first kappa shape index (κ1) is 24.1. The van der Waals surface area contributed by atoms with Gasteiger partial charge in [0.05, 0.1) is 6.54 Å². The second-order valence-corrected chi connectivity index (χ2v) is 8.50. The molecule has 1 atom stereocenters. The minimum atomic E-state index is -0.636. The fourth-order valence-corrected chi connectivity index (χ4v) is 3.03. The summed E-state index contributed by atoms with van der Waals surface area (Å²) < 4.78 is 5.43. The Kier molecular flexibility index (Phi) is 8.67. The number of ketones is 1. The van der Waals surface area contributed by atoms with Gasteiger partial charge in [0.15, 0.2) is 5.78 Å². The Labute approximate surface area is 176 Å². The molecule has 1 fully saturated rings. The van der Waals surface area contributed by atoms with Crippen molar-refractivity contribution in [3.8, 4) is 0 Å². The summed E-state index contributed by atoms with van der Waals surface area (Å²) in [7, 11) is 0. The number of hydrogen-bond acceptors (Lipinski definition) is 4. The Morgan fingerprint density at radius 1 is 1.18 bits per heavy atom. The Hall–Kier alpha value is -1.89. The number of nitrogens with zero attached hydrogens (tertiary/aromatic N) is 1. The summed E-state index contributed by atoms with van der Waals surface area (Å²) in [5.74, 6) is 1.32. The zero-order chi connectivity index (χ0) is 21.5. The van der Waals surface area contributed by atoms with Crippen LogP contribution in [-0.4, -0.2) is 53.2 Å². The molecule has 0 bridgehead atoms. The van der Waals surface area contributed by atoms with E-state index in [1.165, 1.54) is 4.90 Å². The van der Waals surface area contributed by atoms with E-state index in [-0.39, 0.29) is 23.7 Å². The molecule has 0 aromatic heterocycles. The van der Waals surface area contributed by atoms with Crippen LogP contribution in [0.2, 0.25) is 0 Å². The number of amides is 2. The standard InChI is InChI=1S/C20H28N2O4.CH3Br/c1-19(2,3)26-18(25)22-13-20(4,5)11-15(22)17(24)21-12-16(23)14-9-7-6-8-10-14;1-2/h6-10,15H,11-13H2,1-5H3,(H,21,24);1H3/t15-;/m0./s1. The van der Waals surface area contributed by atoms with Gasteiger partial charge >= 0.3 is 6.09 Å². The van der Waals surface area contributed by atoms with Crippen molar-refractivity contribution in [2.24, 2.45) is 5.41 Å². The van der Waals surface area contributed by atoms with E-state index in [4.69, 9.17) is 4.74 Å². The number of carbonyl (C=O) groups is 3.